The zero-order valence-corrected chi connectivity index (χ0v) is 28.2. The third kappa shape index (κ3) is 3.49. The van der Waals surface area contributed by atoms with Crippen molar-refractivity contribution in [1.82, 2.24) is 4.40 Å². The molecule has 2 aliphatic heterocycles. The standard InChI is InChI=1S/C47H33N3O/c1-27-17-21-40-37-25-38-33-14-9-13-32-35-20-22-43-44(36-12-5-6-16-42(36)51-43)47(35)50(46(32)33)41(38)24-29(37)18-19-34-30-10-3-4-11-31(30)39-15-7-8-23-48(39)45(34)28(2)49(40)26-27/h3-17,20-26,34,45H,2,18-19H2,1H3/q+2. The van der Waals surface area contributed by atoms with E-state index in [0.29, 0.717) is 0 Å². The molecule has 0 N–H and O–H groups in total. The molecule has 0 bridgehead atoms. The van der Waals surface area contributed by atoms with Gasteiger partial charge in [-0.05, 0) is 86.0 Å². The monoisotopic (exact) mass is 655 g/mol. The van der Waals surface area contributed by atoms with Gasteiger partial charge in [0.05, 0.1) is 33.4 Å². The van der Waals surface area contributed by atoms with Crippen LogP contribution < -0.4 is 9.13 Å². The molecular formula is C47H33N3O+2. The highest BCUT2D eigenvalue weighted by atomic mass is 16.3. The summed E-state index contributed by atoms with van der Waals surface area (Å²) in [5.74, 6) is 0.266. The lowest BCUT2D eigenvalue weighted by molar-refractivity contribution is -0.727. The Hall–Kier alpha value is -6.26. The van der Waals surface area contributed by atoms with Gasteiger partial charge in [0.25, 0.3) is 0 Å². The van der Waals surface area contributed by atoms with Crippen LogP contribution in [0.5, 0.6) is 0 Å². The Morgan fingerprint density at radius 3 is 2.43 bits per heavy atom. The number of allylic oxidation sites excluding steroid dienone is 1. The van der Waals surface area contributed by atoms with E-state index in [1.54, 1.807) is 0 Å². The van der Waals surface area contributed by atoms with Gasteiger partial charge in [-0.2, -0.15) is 9.13 Å². The summed E-state index contributed by atoms with van der Waals surface area (Å²) >= 11 is 0. The van der Waals surface area contributed by atoms with Crippen LogP contribution >= 0.6 is 0 Å². The highest BCUT2D eigenvalue weighted by molar-refractivity contribution is 6.30. The fourth-order valence-electron chi connectivity index (χ4n) is 9.87. The molecule has 240 valence electrons. The van der Waals surface area contributed by atoms with E-state index in [1.807, 2.05) is 0 Å². The van der Waals surface area contributed by atoms with E-state index < -0.39 is 0 Å². The van der Waals surface area contributed by atoms with E-state index in [-0.39, 0.29) is 12.0 Å². The van der Waals surface area contributed by atoms with E-state index in [2.05, 4.69) is 154 Å². The second-order valence-electron chi connectivity index (χ2n) is 14.6. The zero-order chi connectivity index (χ0) is 33.5. The summed E-state index contributed by atoms with van der Waals surface area (Å²) in [6.07, 6.45) is 6.50. The van der Waals surface area contributed by atoms with Crippen molar-refractivity contribution >= 4 is 65.7 Å². The van der Waals surface area contributed by atoms with Crippen molar-refractivity contribution in [2.24, 2.45) is 0 Å². The molecule has 0 radical (unpaired) electrons. The SMILES string of the molecule is C=C1C2C(CCc3cc4c(cc3-c3ccc(C)c[n+]31)c1cccc3c5ccc6oc7ccccc7c6c5n4c13)c1ccccc1-c1cccc[n+]12. The molecule has 2 unspecified atom stereocenters. The van der Waals surface area contributed by atoms with Crippen LogP contribution in [-0.4, -0.2) is 4.40 Å². The van der Waals surface area contributed by atoms with Gasteiger partial charge in [0.2, 0.25) is 23.1 Å². The molecule has 51 heavy (non-hydrogen) atoms. The molecule has 4 nitrogen and oxygen atoms in total. The van der Waals surface area contributed by atoms with Crippen LogP contribution in [0.4, 0.5) is 0 Å². The number of hydrogen-bond donors (Lipinski definition) is 0. The molecule has 0 spiro atoms. The lowest BCUT2D eigenvalue weighted by Gasteiger charge is -2.29. The molecule has 10 aromatic rings. The number of nitrogens with zero attached hydrogens (tertiary/aromatic N) is 3. The molecule has 5 aromatic heterocycles. The summed E-state index contributed by atoms with van der Waals surface area (Å²) in [6.45, 7) is 7.09. The lowest BCUT2D eigenvalue weighted by Crippen LogP contribution is -2.53. The first-order valence-corrected chi connectivity index (χ1v) is 18.0. The topological polar surface area (TPSA) is 25.3 Å². The number of pyridine rings is 2. The van der Waals surface area contributed by atoms with E-state index in [4.69, 9.17) is 11.0 Å². The van der Waals surface area contributed by atoms with Gasteiger partial charge >= 0.3 is 0 Å². The molecule has 2 atom stereocenters. The lowest BCUT2D eigenvalue weighted by atomic mass is 9.78. The fourth-order valence-corrected chi connectivity index (χ4v) is 9.87. The smallest absolute Gasteiger partial charge is 0.249 e. The highest BCUT2D eigenvalue weighted by Crippen LogP contribution is 2.48. The van der Waals surface area contributed by atoms with Crippen LogP contribution in [0.25, 0.3) is 88.2 Å². The van der Waals surface area contributed by atoms with Crippen LogP contribution in [0, 0.1) is 6.92 Å². The van der Waals surface area contributed by atoms with Crippen molar-refractivity contribution in [3.05, 3.63) is 157 Å². The first-order valence-electron chi connectivity index (χ1n) is 18.0. The second kappa shape index (κ2) is 9.70. The van der Waals surface area contributed by atoms with Gasteiger partial charge in [0, 0.05) is 56.3 Å². The maximum atomic E-state index is 6.43. The predicted molar refractivity (Wildman–Crippen MR) is 206 cm³/mol. The Morgan fingerprint density at radius 1 is 0.686 bits per heavy atom. The summed E-state index contributed by atoms with van der Waals surface area (Å²) in [5, 5.41) is 7.46. The Kier molecular flexibility index (Phi) is 5.24. The number of benzene rings is 5. The Balaban J connectivity index is 1.19. The summed E-state index contributed by atoms with van der Waals surface area (Å²) in [7, 11) is 0. The van der Waals surface area contributed by atoms with Gasteiger partial charge in [0.1, 0.15) is 11.2 Å². The minimum atomic E-state index is 0.0826. The highest BCUT2D eigenvalue weighted by Gasteiger charge is 2.46. The molecule has 4 heteroatoms. The van der Waals surface area contributed by atoms with Gasteiger partial charge in [-0.3, -0.25) is 0 Å². The largest absolute Gasteiger partial charge is 0.456 e. The maximum Gasteiger partial charge on any atom is 0.249 e. The normalized spacial score (nSPS) is 17.0. The van der Waals surface area contributed by atoms with E-state index in [1.165, 1.54) is 82.7 Å². The van der Waals surface area contributed by atoms with Crippen LogP contribution in [-0.2, 0) is 6.42 Å². The minimum Gasteiger partial charge on any atom is -0.456 e. The number of aromatic nitrogens is 3. The first kappa shape index (κ1) is 27.5. The molecule has 5 aromatic carbocycles. The number of hydrogen-bond acceptors (Lipinski definition) is 1. The molecular weight excluding hydrogens is 623 g/mol. The van der Waals surface area contributed by atoms with Crippen molar-refractivity contribution in [3.63, 3.8) is 0 Å². The van der Waals surface area contributed by atoms with Crippen LogP contribution in [0.3, 0.4) is 0 Å². The van der Waals surface area contributed by atoms with Gasteiger partial charge in [-0.15, -0.1) is 0 Å². The van der Waals surface area contributed by atoms with Gasteiger partial charge < -0.3 is 8.82 Å². The number of furan rings is 1. The average Bonchev–Trinajstić information content (AvgIpc) is 3.83. The quantitative estimate of drug-likeness (QED) is 0.149. The summed E-state index contributed by atoms with van der Waals surface area (Å²) < 4.78 is 13.8. The molecule has 7 heterocycles. The third-order valence-corrected chi connectivity index (χ3v) is 12.0. The van der Waals surface area contributed by atoms with E-state index in [9.17, 15) is 0 Å². The van der Waals surface area contributed by atoms with Crippen LogP contribution in [0.2, 0.25) is 0 Å². The van der Waals surface area contributed by atoms with Gasteiger partial charge in [-0.25, -0.2) is 0 Å². The Labute approximate surface area is 294 Å². The van der Waals surface area contributed by atoms with Crippen molar-refractivity contribution in [2.75, 3.05) is 0 Å². The molecule has 0 saturated carbocycles. The maximum absolute atomic E-state index is 6.43. The summed E-state index contributed by atoms with van der Waals surface area (Å²) in [4.78, 5) is 0. The van der Waals surface area contributed by atoms with Crippen molar-refractivity contribution < 1.29 is 13.6 Å². The van der Waals surface area contributed by atoms with Gasteiger partial charge in [-0.1, -0.05) is 54.6 Å². The van der Waals surface area contributed by atoms with Crippen molar-refractivity contribution in [3.8, 4) is 22.5 Å². The summed E-state index contributed by atoms with van der Waals surface area (Å²) in [5.41, 5.74) is 15.8. The van der Waals surface area contributed by atoms with Crippen molar-refractivity contribution in [2.45, 2.75) is 31.7 Å². The van der Waals surface area contributed by atoms with Crippen molar-refractivity contribution in [1.29, 1.82) is 0 Å². The fraction of sp³-hybridized carbons (Fsp3) is 0.106. The number of aryl methyl sites for hydroxylation is 2. The summed E-state index contributed by atoms with van der Waals surface area (Å²) in [6, 6.07) is 44.9. The minimum absolute atomic E-state index is 0.0826. The van der Waals surface area contributed by atoms with Gasteiger partial charge in [0.15, 0.2) is 12.4 Å². The number of fused-ring (bicyclic) bond motifs is 19. The molecule has 0 amide bonds. The predicted octanol–water partition coefficient (Wildman–Crippen LogP) is 10.7. The first-order chi connectivity index (χ1) is 25.1. The second-order valence-corrected chi connectivity index (χ2v) is 14.6. The van der Waals surface area contributed by atoms with E-state index >= 15 is 0 Å². The molecule has 0 fully saturated rings. The molecule has 0 aliphatic carbocycles. The molecule has 12 rings (SSSR count). The third-order valence-electron chi connectivity index (χ3n) is 12.0. The number of rotatable bonds is 0. The average molecular weight is 656 g/mol. The number of para-hydroxylation sites is 2. The van der Waals surface area contributed by atoms with Crippen LogP contribution in [0.1, 0.15) is 35.1 Å². The Morgan fingerprint density at radius 2 is 1.49 bits per heavy atom. The molecule has 0 saturated heterocycles. The zero-order valence-electron chi connectivity index (χ0n) is 28.2. The Bertz CT molecular complexity index is 3140. The van der Waals surface area contributed by atoms with Crippen LogP contribution in [0.15, 0.2) is 145 Å². The molecule has 2 aliphatic rings. The van der Waals surface area contributed by atoms with E-state index in [0.717, 1.165) is 35.1 Å².